The van der Waals surface area contributed by atoms with Crippen molar-refractivity contribution in [2.75, 3.05) is 46.4 Å². The number of ether oxygens (including phenoxy) is 1. The molecule has 2 aromatic carbocycles. The van der Waals surface area contributed by atoms with E-state index in [1.165, 1.54) is 5.56 Å². The first-order valence-electron chi connectivity index (χ1n) is 14.9. The Morgan fingerprint density at radius 3 is 2.26 bits per heavy atom. The topological polar surface area (TPSA) is 53.1 Å². The fraction of sp³-hybridized carbons (Fsp3) is 0.576. The Morgan fingerprint density at radius 2 is 1.62 bits per heavy atom. The number of carbonyl (C=O) groups excluding carboxylic acids is 2. The fourth-order valence-electron chi connectivity index (χ4n) is 7.16. The van der Waals surface area contributed by atoms with Crippen LogP contribution < -0.4 is 4.74 Å². The minimum atomic E-state index is -0.199. The minimum absolute atomic E-state index is 0.129. The van der Waals surface area contributed by atoms with E-state index in [1.54, 1.807) is 7.11 Å². The van der Waals surface area contributed by atoms with Gasteiger partial charge in [-0.15, -0.1) is 0 Å². The van der Waals surface area contributed by atoms with E-state index >= 15 is 0 Å². The van der Waals surface area contributed by atoms with Crippen molar-refractivity contribution in [2.24, 2.45) is 17.3 Å². The third-order valence-electron chi connectivity index (χ3n) is 9.75. The minimum Gasteiger partial charge on any atom is -0.497 e. The number of rotatable bonds is 9. The lowest BCUT2D eigenvalue weighted by Gasteiger charge is -2.39. The van der Waals surface area contributed by atoms with Crippen LogP contribution in [0, 0.1) is 17.3 Å². The summed E-state index contributed by atoms with van der Waals surface area (Å²) in [6.45, 7) is 10.3. The number of hydrogen-bond acceptors (Lipinski definition) is 4. The molecule has 3 fully saturated rings. The molecule has 3 aliphatic rings. The van der Waals surface area contributed by atoms with Crippen molar-refractivity contribution in [3.8, 4) is 5.75 Å². The van der Waals surface area contributed by atoms with Crippen LogP contribution >= 0.6 is 0 Å². The summed E-state index contributed by atoms with van der Waals surface area (Å²) < 4.78 is 5.27. The number of hydrogen-bond donors (Lipinski definition) is 0. The third kappa shape index (κ3) is 5.86. The van der Waals surface area contributed by atoms with Crippen molar-refractivity contribution in [3.63, 3.8) is 0 Å². The summed E-state index contributed by atoms with van der Waals surface area (Å²) in [4.78, 5) is 33.6. The molecule has 1 spiro atoms. The molecule has 0 aromatic heterocycles. The molecule has 2 aromatic rings. The lowest BCUT2D eigenvalue weighted by Crippen LogP contribution is -2.46. The van der Waals surface area contributed by atoms with Gasteiger partial charge in [0.2, 0.25) is 11.8 Å². The Balaban J connectivity index is 1.20. The molecule has 3 saturated heterocycles. The molecule has 210 valence electrons. The van der Waals surface area contributed by atoms with E-state index < -0.39 is 0 Å². The SMILES string of the molecule is CCC(CC)C(=O)N1C[C@H](CN2CCC3(CC2)CCN(Cc2ccc(OC)cc2)C3=O)[C@@H](c2ccccc2)C1. The molecule has 3 heterocycles. The lowest BCUT2D eigenvalue weighted by molar-refractivity contribution is -0.139. The Kier molecular flexibility index (Phi) is 8.61. The molecule has 0 N–H and O–H groups in total. The van der Waals surface area contributed by atoms with Gasteiger partial charge in [-0.1, -0.05) is 56.3 Å². The predicted molar refractivity (Wildman–Crippen MR) is 154 cm³/mol. The molecule has 0 radical (unpaired) electrons. The van der Waals surface area contributed by atoms with Crippen LogP contribution in [0.4, 0.5) is 0 Å². The summed E-state index contributed by atoms with van der Waals surface area (Å²) in [5.74, 6) is 2.43. The van der Waals surface area contributed by atoms with E-state index in [0.717, 1.165) is 82.7 Å². The summed E-state index contributed by atoms with van der Waals surface area (Å²) in [5, 5.41) is 0. The molecule has 6 heteroatoms. The van der Waals surface area contributed by atoms with Gasteiger partial charge in [-0.25, -0.2) is 0 Å². The molecular formula is C33H45N3O3. The number of piperidine rings is 1. The van der Waals surface area contributed by atoms with Gasteiger partial charge in [0.25, 0.3) is 0 Å². The molecular weight excluding hydrogens is 486 g/mol. The van der Waals surface area contributed by atoms with Crippen molar-refractivity contribution < 1.29 is 14.3 Å². The molecule has 2 atom stereocenters. The highest BCUT2D eigenvalue weighted by molar-refractivity contribution is 5.85. The van der Waals surface area contributed by atoms with Crippen molar-refractivity contribution in [1.82, 2.24) is 14.7 Å². The van der Waals surface area contributed by atoms with Gasteiger partial charge in [-0.2, -0.15) is 0 Å². The molecule has 6 nitrogen and oxygen atoms in total. The van der Waals surface area contributed by atoms with Gasteiger partial charge >= 0.3 is 0 Å². The van der Waals surface area contributed by atoms with Gasteiger partial charge in [-0.05, 0) is 74.4 Å². The Morgan fingerprint density at radius 1 is 0.949 bits per heavy atom. The maximum Gasteiger partial charge on any atom is 0.229 e. The number of amides is 2. The standard InChI is InChI=1S/C33H45N3O3/c1-4-26(5-2)31(37)36-23-28(30(24-36)27-9-7-6-8-10-27)22-34-18-15-33(16-19-34)17-20-35(32(33)38)21-25-11-13-29(39-3)14-12-25/h6-14,26,28,30H,4-5,15-24H2,1-3H3/t28-,30+/m0/s1. The summed E-state index contributed by atoms with van der Waals surface area (Å²) in [5.41, 5.74) is 2.30. The number of nitrogens with zero attached hydrogens (tertiary/aromatic N) is 3. The Bertz CT molecular complexity index is 1110. The second kappa shape index (κ2) is 12.1. The lowest BCUT2D eigenvalue weighted by atomic mass is 9.76. The zero-order valence-electron chi connectivity index (χ0n) is 24.0. The van der Waals surface area contributed by atoms with Crippen LogP contribution in [-0.4, -0.2) is 72.9 Å². The first-order valence-corrected chi connectivity index (χ1v) is 14.9. The van der Waals surface area contributed by atoms with E-state index in [0.29, 0.717) is 30.2 Å². The van der Waals surface area contributed by atoms with Gasteiger partial charge in [0, 0.05) is 44.6 Å². The highest BCUT2D eigenvalue weighted by Crippen LogP contribution is 2.43. The van der Waals surface area contributed by atoms with Gasteiger partial charge in [0.15, 0.2) is 0 Å². The first kappa shape index (κ1) is 27.7. The van der Waals surface area contributed by atoms with Crippen LogP contribution in [0.3, 0.4) is 0 Å². The number of benzene rings is 2. The monoisotopic (exact) mass is 531 g/mol. The van der Waals surface area contributed by atoms with Gasteiger partial charge in [0.05, 0.1) is 12.5 Å². The van der Waals surface area contributed by atoms with E-state index in [2.05, 4.69) is 71.0 Å². The average molecular weight is 532 g/mol. The first-order chi connectivity index (χ1) is 19.0. The maximum atomic E-state index is 13.6. The van der Waals surface area contributed by atoms with E-state index in [-0.39, 0.29) is 11.3 Å². The van der Waals surface area contributed by atoms with Crippen molar-refractivity contribution in [2.45, 2.75) is 58.4 Å². The second-order valence-corrected chi connectivity index (χ2v) is 11.9. The normalized spacial score (nSPS) is 23.2. The second-order valence-electron chi connectivity index (χ2n) is 11.9. The molecule has 2 amide bonds. The van der Waals surface area contributed by atoms with Crippen molar-refractivity contribution in [3.05, 3.63) is 65.7 Å². The van der Waals surface area contributed by atoms with Crippen LogP contribution in [0.5, 0.6) is 5.75 Å². The maximum absolute atomic E-state index is 13.6. The van der Waals surface area contributed by atoms with Crippen LogP contribution in [0.15, 0.2) is 54.6 Å². The van der Waals surface area contributed by atoms with Crippen LogP contribution in [0.25, 0.3) is 0 Å². The highest BCUT2D eigenvalue weighted by Gasteiger charge is 2.48. The number of methoxy groups -OCH3 is 1. The quantitative estimate of drug-likeness (QED) is 0.447. The van der Waals surface area contributed by atoms with Gasteiger partial charge in [0.1, 0.15) is 5.75 Å². The molecule has 0 unspecified atom stereocenters. The summed E-state index contributed by atoms with van der Waals surface area (Å²) in [6, 6.07) is 18.8. The van der Waals surface area contributed by atoms with Crippen molar-refractivity contribution in [1.29, 1.82) is 0 Å². The summed E-state index contributed by atoms with van der Waals surface area (Å²) in [6.07, 6.45) is 4.65. The average Bonchev–Trinajstić information content (AvgIpc) is 3.53. The Hall–Kier alpha value is -2.86. The zero-order valence-corrected chi connectivity index (χ0v) is 24.0. The third-order valence-corrected chi connectivity index (χ3v) is 9.75. The van der Waals surface area contributed by atoms with Crippen LogP contribution in [-0.2, 0) is 16.1 Å². The van der Waals surface area contributed by atoms with Crippen molar-refractivity contribution >= 4 is 11.8 Å². The molecule has 0 bridgehead atoms. The van der Waals surface area contributed by atoms with Crippen LogP contribution in [0.2, 0.25) is 0 Å². The van der Waals surface area contributed by atoms with E-state index in [4.69, 9.17) is 4.74 Å². The molecule has 5 rings (SSSR count). The predicted octanol–water partition coefficient (Wildman–Crippen LogP) is 5.19. The number of likely N-dealkylation sites (tertiary alicyclic amines) is 3. The Labute approximate surface area is 234 Å². The zero-order chi connectivity index (χ0) is 27.4. The summed E-state index contributed by atoms with van der Waals surface area (Å²) >= 11 is 0. The van der Waals surface area contributed by atoms with E-state index in [1.807, 2.05) is 12.1 Å². The van der Waals surface area contributed by atoms with Gasteiger partial charge in [-0.3, -0.25) is 9.59 Å². The fourth-order valence-corrected chi connectivity index (χ4v) is 7.16. The van der Waals surface area contributed by atoms with E-state index in [9.17, 15) is 9.59 Å². The summed E-state index contributed by atoms with van der Waals surface area (Å²) in [7, 11) is 1.67. The number of carbonyl (C=O) groups is 2. The molecule has 0 saturated carbocycles. The molecule has 3 aliphatic heterocycles. The molecule has 0 aliphatic carbocycles. The molecule has 39 heavy (non-hydrogen) atoms. The largest absolute Gasteiger partial charge is 0.497 e. The highest BCUT2D eigenvalue weighted by atomic mass is 16.5. The van der Waals surface area contributed by atoms with Gasteiger partial charge < -0.3 is 19.4 Å². The smallest absolute Gasteiger partial charge is 0.229 e. The van der Waals surface area contributed by atoms with Crippen LogP contribution in [0.1, 0.15) is 63.0 Å².